The summed E-state index contributed by atoms with van der Waals surface area (Å²) in [4.78, 5) is 22.9. The van der Waals surface area contributed by atoms with Crippen LogP contribution < -0.4 is 5.43 Å². The molecule has 5 heteroatoms. The van der Waals surface area contributed by atoms with Crippen LogP contribution in [0.1, 0.15) is 18.1 Å². The van der Waals surface area contributed by atoms with E-state index in [2.05, 4.69) is 0 Å². The molecule has 5 nitrogen and oxygen atoms in total. The van der Waals surface area contributed by atoms with E-state index < -0.39 is 16.4 Å². The van der Waals surface area contributed by atoms with Crippen LogP contribution in [0.25, 0.3) is 0 Å². The Balaban J connectivity index is 2.55. The number of carbonyl (C=O) groups excluding carboxylic acids is 1. The summed E-state index contributed by atoms with van der Waals surface area (Å²) in [5, 5.41) is 9.77. The molecule has 0 radical (unpaired) electrons. The van der Waals surface area contributed by atoms with Gasteiger partial charge in [0.15, 0.2) is 5.03 Å². The number of benzene rings is 2. The predicted octanol–water partition coefficient (Wildman–Crippen LogP) is 2.30. The van der Waals surface area contributed by atoms with Crippen LogP contribution in [0.2, 0.25) is 0 Å². The molecule has 2 aromatic carbocycles. The second-order valence-corrected chi connectivity index (χ2v) is 4.56. The van der Waals surface area contributed by atoms with Gasteiger partial charge < -0.3 is 0 Å². The van der Waals surface area contributed by atoms with Gasteiger partial charge in [-0.2, -0.15) is 0 Å². The fourth-order valence-corrected chi connectivity index (χ4v) is 2.17. The molecule has 20 heavy (non-hydrogen) atoms. The zero-order valence-electron chi connectivity index (χ0n) is 10.9. The molecular formula is C15H14N2O3. The molecule has 0 unspecified atom stereocenters. The molecule has 2 aromatic rings. The third-order valence-electron chi connectivity index (χ3n) is 3.35. The summed E-state index contributed by atoms with van der Waals surface area (Å²) in [7, 11) is 0. The molecule has 1 N–H and O–H groups in total. The number of rotatable bonds is 4. The standard InChI is InChI=1S/C15H14N2O3/c1-15(14(18)16-17(19)20,12-8-4-2-5-9-12)13-10-6-3-7-11-13/h2-11H,1H3,(H,16,18). The third kappa shape index (κ3) is 2.51. The lowest BCUT2D eigenvalue weighted by molar-refractivity contribution is -0.530. The van der Waals surface area contributed by atoms with Crippen molar-refractivity contribution in [3.05, 3.63) is 81.9 Å². The van der Waals surface area contributed by atoms with Crippen molar-refractivity contribution in [3.8, 4) is 0 Å². The molecule has 0 fully saturated rings. The van der Waals surface area contributed by atoms with E-state index >= 15 is 0 Å². The Labute approximate surface area is 116 Å². The molecule has 0 atom stereocenters. The molecule has 0 aliphatic carbocycles. The van der Waals surface area contributed by atoms with Crippen molar-refractivity contribution in [1.29, 1.82) is 0 Å². The maximum atomic E-state index is 12.3. The Hall–Kier alpha value is -2.69. The highest BCUT2D eigenvalue weighted by Gasteiger charge is 2.39. The maximum absolute atomic E-state index is 12.3. The van der Waals surface area contributed by atoms with Crippen LogP contribution in [-0.4, -0.2) is 10.9 Å². The van der Waals surface area contributed by atoms with Crippen molar-refractivity contribution in [1.82, 2.24) is 5.43 Å². The number of hydrazine groups is 1. The highest BCUT2D eigenvalue weighted by atomic mass is 16.7. The molecule has 2 rings (SSSR count). The highest BCUT2D eigenvalue weighted by molar-refractivity contribution is 5.90. The van der Waals surface area contributed by atoms with Crippen molar-refractivity contribution < 1.29 is 9.83 Å². The van der Waals surface area contributed by atoms with Crippen molar-refractivity contribution in [3.63, 3.8) is 0 Å². The van der Waals surface area contributed by atoms with E-state index in [1.807, 2.05) is 12.1 Å². The molecule has 0 aromatic heterocycles. The molecular weight excluding hydrogens is 256 g/mol. The largest absolute Gasteiger partial charge is 0.294 e. The highest BCUT2D eigenvalue weighted by Crippen LogP contribution is 2.32. The molecule has 0 saturated carbocycles. The summed E-state index contributed by atoms with van der Waals surface area (Å²) in [6.07, 6.45) is 0. The van der Waals surface area contributed by atoms with E-state index in [1.165, 1.54) is 0 Å². The number of hydrogen-bond donors (Lipinski definition) is 1. The Morgan fingerprint density at radius 1 is 1.00 bits per heavy atom. The summed E-state index contributed by atoms with van der Waals surface area (Å²) >= 11 is 0. The van der Waals surface area contributed by atoms with E-state index in [9.17, 15) is 14.9 Å². The summed E-state index contributed by atoms with van der Waals surface area (Å²) in [6, 6.07) is 18.0. The second-order valence-electron chi connectivity index (χ2n) is 4.56. The van der Waals surface area contributed by atoms with Gasteiger partial charge in [0, 0.05) is 0 Å². The van der Waals surface area contributed by atoms with Crippen LogP contribution in [0, 0.1) is 10.1 Å². The number of nitro groups is 1. The monoisotopic (exact) mass is 270 g/mol. The first kappa shape index (κ1) is 13.7. The van der Waals surface area contributed by atoms with Gasteiger partial charge >= 0.3 is 0 Å². The van der Waals surface area contributed by atoms with Gasteiger partial charge in [-0.25, -0.2) is 10.1 Å². The fraction of sp³-hybridized carbons (Fsp3) is 0.133. The third-order valence-corrected chi connectivity index (χ3v) is 3.35. The van der Waals surface area contributed by atoms with Gasteiger partial charge in [-0.3, -0.25) is 4.79 Å². The summed E-state index contributed by atoms with van der Waals surface area (Å²) in [6.45, 7) is 1.68. The molecule has 102 valence electrons. The minimum atomic E-state index is -1.12. The molecule has 0 spiro atoms. The van der Waals surface area contributed by atoms with Crippen molar-refractivity contribution in [2.24, 2.45) is 0 Å². The normalized spacial score (nSPS) is 10.8. The zero-order chi connectivity index (χ0) is 14.6. The topological polar surface area (TPSA) is 72.2 Å². The number of nitrogens with one attached hydrogen (secondary N) is 1. The number of hydrogen-bond acceptors (Lipinski definition) is 3. The molecule has 0 heterocycles. The molecule has 0 aliphatic rings. The van der Waals surface area contributed by atoms with E-state index in [4.69, 9.17) is 0 Å². The minimum Gasteiger partial charge on any atom is -0.268 e. The molecule has 0 aliphatic heterocycles. The van der Waals surface area contributed by atoms with Crippen LogP contribution in [-0.2, 0) is 10.2 Å². The lowest BCUT2D eigenvalue weighted by Crippen LogP contribution is -2.45. The van der Waals surface area contributed by atoms with Gasteiger partial charge in [-0.15, -0.1) is 0 Å². The van der Waals surface area contributed by atoms with Crippen molar-refractivity contribution in [2.45, 2.75) is 12.3 Å². The molecule has 0 bridgehead atoms. The molecule has 1 amide bonds. The van der Waals surface area contributed by atoms with E-state index in [0.29, 0.717) is 11.1 Å². The Kier molecular flexibility index (Phi) is 3.79. The number of amides is 1. The summed E-state index contributed by atoms with van der Waals surface area (Å²) < 4.78 is 0. The Morgan fingerprint density at radius 3 is 1.75 bits per heavy atom. The van der Waals surface area contributed by atoms with Crippen LogP contribution in [0.4, 0.5) is 0 Å². The number of nitrogens with zero attached hydrogens (tertiary/aromatic N) is 1. The summed E-state index contributed by atoms with van der Waals surface area (Å²) in [5.74, 6) is -0.667. The van der Waals surface area contributed by atoms with Crippen LogP contribution in [0.15, 0.2) is 60.7 Å². The second kappa shape index (κ2) is 5.52. The first-order valence-corrected chi connectivity index (χ1v) is 6.11. The minimum absolute atomic E-state index is 0.667. The average molecular weight is 270 g/mol. The fourth-order valence-electron chi connectivity index (χ4n) is 2.17. The smallest absolute Gasteiger partial charge is 0.268 e. The van der Waals surface area contributed by atoms with Crippen molar-refractivity contribution in [2.75, 3.05) is 0 Å². The SMILES string of the molecule is CC(C(=O)N[N+](=O)[O-])(c1ccccc1)c1ccccc1. The van der Waals surface area contributed by atoms with Crippen LogP contribution in [0.3, 0.4) is 0 Å². The van der Waals surface area contributed by atoms with E-state index in [0.717, 1.165) is 0 Å². The van der Waals surface area contributed by atoms with Crippen molar-refractivity contribution >= 4 is 5.91 Å². The Morgan fingerprint density at radius 2 is 1.40 bits per heavy atom. The van der Waals surface area contributed by atoms with Gasteiger partial charge in [0.2, 0.25) is 0 Å². The maximum Gasteiger partial charge on any atom is 0.294 e. The zero-order valence-corrected chi connectivity index (χ0v) is 10.9. The predicted molar refractivity (Wildman–Crippen MR) is 74.5 cm³/mol. The summed E-state index contributed by atoms with van der Waals surface area (Å²) in [5.41, 5.74) is 2.05. The van der Waals surface area contributed by atoms with E-state index in [1.54, 1.807) is 60.9 Å². The van der Waals surface area contributed by atoms with Gasteiger partial charge in [-0.1, -0.05) is 66.1 Å². The van der Waals surface area contributed by atoms with Gasteiger partial charge in [0.1, 0.15) is 5.41 Å². The van der Waals surface area contributed by atoms with Gasteiger partial charge in [0.05, 0.1) is 0 Å². The average Bonchev–Trinajstić information content (AvgIpc) is 2.47. The van der Waals surface area contributed by atoms with E-state index in [-0.39, 0.29) is 0 Å². The number of carbonyl (C=O) groups is 1. The molecule has 0 saturated heterocycles. The van der Waals surface area contributed by atoms with Gasteiger partial charge in [-0.05, 0) is 18.1 Å². The van der Waals surface area contributed by atoms with Gasteiger partial charge in [0.25, 0.3) is 5.91 Å². The first-order chi connectivity index (χ1) is 9.55. The quantitative estimate of drug-likeness (QED) is 0.684. The van der Waals surface area contributed by atoms with Crippen LogP contribution >= 0.6 is 0 Å². The Bertz CT molecular complexity index is 572. The van der Waals surface area contributed by atoms with Crippen LogP contribution in [0.5, 0.6) is 0 Å². The first-order valence-electron chi connectivity index (χ1n) is 6.11. The lowest BCUT2D eigenvalue weighted by atomic mass is 9.75. The lowest BCUT2D eigenvalue weighted by Gasteiger charge is -2.27.